The van der Waals surface area contributed by atoms with E-state index >= 15 is 0 Å². The van der Waals surface area contributed by atoms with Crippen LogP contribution in [0.1, 0.15) is 38.5 Å². The standard InChI is InChI=1S/C27H31ClN6O2/c1-2-24(35)34-13-11-17(12-14-34)26(36)31-18-7-9-19(10-8-18)32-27-30-16-22(28)25(33-27)21-15-29-23-6-4-3-5-20(21)23/h2-6,15-19,29H,1,7-14H2,(H,31,36)(H,30,32,33). The third kappa shape index (κ3) is 5.23. The molecule has 3 N–H and O–H groups in total. The average molecular weight is 507 g/mol. The van der Waals surface area contributed by atoms with Gasteiger partial charge in [0.2, 0.25) is 17.8 Å². The zero-order chi connectivity index (χ0) is 25.1. The Kier molecular flexibility index (Phi) is 7.23. The normalized spacial score (nSPS) is 20.8. The molecule has 0 radical (unpaired) electrons. The summed E-state index contributed by atoms with van der Waals surface area (Å²) in [6, 6.07) is 8.48. The van der Waals surface area contributed by atoms with Crippen LogP contribution in [0, 0.1) is 5.92 Å². The number of nitrogens with zero attached hydrogens (tertiary/aromatic N) is 3. The second-order valence-electron chi connectivity index (χ2n) is 9.64. The predicted molar refractivity (Wildman–Crippen MR) is 142 cm³/mol. The highest BCUT2D eigenvalue weighted by Crippen LogP contribution is 2.33. The van der Waals surface area contributed by atoms with Gasteiger partial charge in [-0.2, -0.15) is 0 Å². The predicted octanol–water partition coefficient (Wildman–Crippen LogP) is 4.54. The monoisotopic (exact) mass is 506 g/mol. The van der Waals surface area contributed by atoms with Gasteiger partial charge in [0.25, 0.3) is 0 Å². The van der Waals surface area contributed by atoms with Crippen molar-refractivity contribution in [3.05, 3.63) is 54.3 Å². The van der Waals surface area contributed by atoms with Gasteiger partial charge in [-0.15, -0.1) is 0 Å². The number of halogens is 1. The molecule has 1 aliphatic heterocycles. The number of nitrogens with one attached hydrogen (secondary N) is 3. The lowest BCUT2D eigenvalue weighted by Gasteiger charge is -2.33. The number of hydrogen-bond donors (Lipinski definition) is 3. The Morgan fingerprint density at radius 3 is 2.56 bits per heavy atom. The molecule has 2 amide bonds. The molecule has 3 aromatic rings. The molecular formula is C27H31ClN6O2. The van der Waals surface area contributed by atoms with Crippen molar-refractivity contribution in [2.24, 2.45) is 5.92 Å². The first-order valence-corrected chi connectivity index (χ1v) is 13.0. The fourth-order valence-electron chi connectivity index (χ4n) is 5.27. The van der Waals surface area contributed by atoms with Gasteiger partial charge in [-0.25, -0.2) is 9.97 Å². The molecule has 0 spiro atoms. The number of fused-ring (bicyclic) bond motifs is 1. The second kappa shape index (κ2) is 10.7. The lowest BCUT2D eigenvalue weighted by molar-refractivity contribution is -0.132. The fourth-order valence-corrected chi connectivity index (χ4v) is 5.46. The van der Waals surface area contributed by atoms with Gasteiger partial charge in [0.1, 0.15) is 0 Å². The molecule has 188 valence electrons. The zero-order valence-corrected chi connectivity index (χ0v) is 20.9. The largest absolute Gasteiger partial charge is 0.360 e. The van der Waals surface area contributed by atoms with Gasteiger partial charge in [-0.05, 0) is 50.7 Å². The number of benzene rings is 1. The fraction of sp³-hybridized carbons (Fsp3) is 0.407. The van der Waals surface area contributed by atoms with Crippen LogP contribution in [0.5, 0.6) is 0 Å². The summed E-state index contributed by atoms with van der Waals surface area (Å²) in [5, 5.41) is 8.29. The van der Waals surface area contributed by atoms with Crippen molar-refractivity contribution in [2.75, 3.05) is 18.4 Å². The minimum absolute atomic E-state index is 0.0277. The number of carbonyl (C=O) groups is 2. The van der Waals surface area contributed by atoms with E-state index in [2.05, 4.69) is 27.2 Å². The van der Waals surface area contributed by atoms with E-state index in [-0.39, 0.29) is 29.8 Å². The van der Waals surface area contributed by atoms with Gasteiger partial charge in [0.15, 0.2) is 0 Å². The summed E-state index contributed by atoms with van der Waals surface area (Å²) in [6.45, 7) is 4.76. The number of anilines is 1. The van der Waals surface area contributed by atoms with E-state index in [1.54, 1.807) is 11.1 Å². The lowest BCUT2D eigenvalue weighted by Crippen LogP contribution is -2.46. The lowest BCUT2D eigenvalue weighted by atomic mass is 9.89. The molecule has 3 heterocycles. The number of H-pyrrole nitrogens is 1. The maximum absolute atomic E-state index is 12.8. The highest BCUT2D eigenvalue weighted by molar-refractivity contribution is 6.33. The molecule has 0 atom stereocenters. The number of para-hydroxylation sites is 1. The van der Waals surface area contributed by atoms with Crippen molar-refractivity contribution >= 4 is 40.3 Å². The van der Waals surface area contributed by atoms with Crippen LogP contribution in [-0.2, 0) is 9.59 Å². The summed E-state index contributed by atoms with van der Waals surface area (Å²) in [5.41, 5.74) is 2.69. The summed E-state index contributed by atoms with van der Waals surface area (Å²) < 4.78 is 0. The molecular weight excluding hydrogens is 476 g/mol. The SMILES string of the molecule is C=CC(=O)N1CCC(C(=O)NC2CCC(Nc3ncc(Cl)c(-c4c[nH]c5ccccc45)n3)CC2)CC1. The molecule has 9 heteroatoms. The van der Waals surface area contributed by atoms with Gasteiger partial charge >= 0.3 is 0 Å². The molecule has 2 aromatic heterocycles. The van der Waals surface area contributed by atoms with Gasteiger partial charge in [-0.1, -0.05) is 36.4 Å². The minimum atomic E-state index is -0.0575. The van der Waals surface area contributed by atoms with Crippen molar-refractivity contribution in [3.8, 4) is 11.3 Å². The quantitative estimate of drug-likeness (QED) is 0.426. The first-order chi connectivity index (χ1) is 17.5. The number of likely N-dealkylation sites (tertiary alicyclic amines) is 1. The molecule has 0 bridgehead atoms. The molecule has 1 saturated carbocycles. The molecule has 1 saturated heterocycles. The maximum atomic E-state index is 12.8. The number of rotatable bonds is 6. The van der Waals surface area contributed by atoms with Gasteiger partial charge in [-0.3, -0.25) is 9.59 Å². The first-order valence-electron chi connectivity index (χ1n) is 12.6. The molecule has 1 aliphatic carbocycles. The Bertz CT molecular complexity index is 1260. The second-order valence-corrected chi connectivity index (χ2v) is 10.1. The van der Waals surface area contributed by atoms with E-state index in [1.807, 2.05) is 30.5 Å². The average Bonchev–Trinajstić information content (AvgIpc) is 3.34. The van der Waals surface area contributed by atoms with Crippen LogP contribution >= 0.6 is 11.6 Å². The van der Waals surface area contributed by atoms with E-state index in [4.69, 9.17) is 16.6 Å². The Morgan fingerprint density at radius 2 is 1.81 bits per heavy atom. The van der Waals surface area contributed by atoms with Crippen molar-refractivity contribution in [1.29, 1.82) is 0 Å². The molecule has 2 fully saturated rings. The van der Waals surface area contributed by atoms with Crippen molar-refractivity contribution < 1.29 is 9.59 Å². The highest BCUT2D eigenvalue weighted by Gasteiger charge is 2.29. The number of hydrogen-bond acceptors (Lipinski definition) is 5. The van der Waals surface area contributed by atoms with Crippen LogP contribution in [0.15, 0.2) is 49.3 Å². The van der Waals surface area contributed by atoms with Crippen molar-refractivity contribution in [2.45, 2.75) is 50.6 Å². The van der Waals surface area contributed by atoms with Crippen LogP contribution in [0.4, 0.5) is 5.95 Å². The van der Waals surface area contributed by atoms with Crippen molar-refractivity contribution in [3.63, 3.8) is 0 Å². The number of amides is 2. The molecule has 2 aliphatic rings. The molecule has 8 nitrogen and oxygen atoms in total. The summed E-state index contributed by atoms with van der Waals surface area (Å²) in [5.74, 6) is 0.590. The van der Waals surface area contributed by atoms with Gasteiger partial charge in [0.05, 0.1) is 16.9 Å². The first kappa shape index (κ1) is 24.3. The number of aromatic nitrogens is 3. The van der Waals surface area contributed by atoms with Gasteiger partial charge < -0.3 is 20.5 Å². The van der Waals surface area contributed by atoms with E-state index in [9.17, 15) is 9.59 Å². The smallest absolute Gasteiger partial charge is 0.245 e. The topological polar surface area (TPSA) is 103 Å². The highest BCUT2D eigenvalue weighted by atomic mass is 35.5. The number of aromatic amines is 1. The van der Waals surface area contributed by atoms with Crippen LogP contribution in [0.3, 0.4) is 0 Å². The van der Waals surface area contributed by atoms with Crippen LogP contribution in [0.2, 0.25) is 5.02 Å². The minimum Gasteiger partial charge on any atom is -0.360 e. The molecule has 1 aromatic carbocycles. The van der Waals surface area contributed by atoms with Crippen molar-refractivity contribution in [1.82, 2.24) is 25.2 Å². The number of carbonyl (C=O) groups excluding carboxylic acids is 2. The maximum Gasteiger partial charge on any atom is 0.245 e. The van der Waals surface area contributed by atoms with E-state index in [0.717, 1.165) is 42.1 Å². The summed E-state index contributed by atoms with van der Waals surface area (Å²) >= 11 is 6.46. The molecule has 5 rings (SSSR count). The Hall–Kier alpha value is -3.39. The van der Waals surface area contributed by atoms with E-state index in [0.29, 0.717) is 42.6 Å². The van der Waals surface area contributed by atoms with Crippen LogP contribution in [0.25, 0.3) is 22.2 Å². The third-order valence-corrected chi connectivity index (χ3v) is 7.62. The molecule has 36 heavy (non-hydrogen) atoms. The third-order valence-electron chi connectivity index (χ3n) is 7.35. The summed E-state index contributed by atoms with van der Waals surface area (Å²) in [6.07, 6.45) is 9.97. The van der Waals surface area contributed by atoms with E-state index < -0.39 is 0 Å². The zero-order valence-electron chi connectivity index (χ0n) is 20.2. The van der Waals surface area contributed by atoms with Crippen LogP contribution < -0.4 is 10.6 Å². The van der Waals surface area contributed by atoms with Crippen LogP contribution in [-0.4, -0.2) is 56.8 Å². The van der Waals surface area contributed by atoms with E-state index in [1.165, 1.54) is 6.08 Å². The summed E-state index contributed by atoms with van der Waals surface area (Å²) in [7, 11) is 0. The van der Waals surface area contributed by atoms with Gasteiger partial charge in [0, 0.05) is 53.8 Å². The molecule has 0 unspecified atom stereocenters. The Balaban J connectivity index is 1.14. The Morgan fingerprint density at radius 1 is 1.08 bits per heavy atom. The number of piperidine rings is 1. The Labute approximate surface area is 215 Å². The summed E-state index contributed by atoms with van der Waals surface area (Å²) in [4.78, 5) is 38.7.